The number of hydrogen-bond donors (Lipinski definition) is 2. The van der Waals surface area contributed by atoms with Gasteiger partial charge >= 0.3 is 6.03 Å². The van der Waals surface area contributed by atoms with Crippen molar-refractivity contribution < 1.29 is 9.59 Å². The fourth-order valence-electron chi connectivity index (χ4n) is 2.72. The molecule has 0 radical (unpaired) electrons. The molecule has 3 N–H and O–H groups in total. The Hall–Kier alpha value is -0.850. The number of rotatable bonds is 3. The lowest BCUT2D eigenvalue weighted by molar-refractivity contribution is -0.130. The Morgan fingerprint density at radius 1 is 1.35 bits per heavy atom. The van der Waals surface area contributed by atoms with Crippen molar-refractivity contribution in [3.05, 3.63) is 0 Å². The van der Waals surface area contributed by atoms with E-state index in [0.29, 0.717) is 12.5 Å². The van der Waals surface area contributed by atoms with Gasteiger partial charge in [0.15, 0.2) is 0 Å². The van der Waals surface area contributed by atoms with Gasteiger partial charge in [0, 0.05) is 25.7 Å². The van der Waals surface area contributed by atoms with Crippen molar-refractivity contribution in [1.82, 2.24) is 15.1 Å². The Morgan fingerprint density at radius 2 is 2.00 bits per heavy atom. The maximum atomic E-state index is 12.0. The highest BCUT2D eigenvalue weighted by molar-refractivity contribution is 6.06. The Labute approximate surface area is 126 Å². The molecule has 2 fully saturated rings. The number of likely N-dealkylation sites (tertiary alicyclic amines) is 1. The molecule has 2 heterocycles. The topological polar surface area (TPSA) is 78.7 Å². The van der Waals surface area contributed by atoms with Crippen LogP contribution in [0.25, 0.3) is 0 Å². The van der Waals surface area contributed by atoms with Gasteiger partial charge in [0.25, 0.3) is 5.91 Å². The van der Waals surface area contributed by atoms with Gasteiger partial charge in [-0.3, -0.25) is 9.69 Å². The molecule has 6 nitrogen and oxygen atoms in total. The molecule has 0 bridgehead atoms. The van der Waals surface area contributed by atoms with E-state index in [4.69, 9.17) is 5.73 Å². The van der Waals surface area contributed by atoms with Gasteiger partial charge in [0.1, 0.15) is 5.54 Å². The van der Waals surface area contributed by atoms with Crippen LogP contribution < -0.4 is 11.1 Å². The second kappa shape index (κ2) is 6.28. The van der Waals surface area contributed by atoms with Crippen molar-refractivity contribution in [2.45, 2.75) is 38.8 Å². The molecule has 2 aliphatic rings. The van der Waals surface area contributed by atoms with Gasteiger partial charge in [-0.15, -0.1) is 12.4 Å². The van der Waals surface area contributed by atoms with E-state index in [2.05, 4.69) is 17.1 Å². The molecule has 2 atom stereocenters. The van der Waals surface area contributed by atoms with Crippen LogP contribution in [0, 0.1) is 5.92 Å². The quantitative estimate of drug-likeness (QED) is 0.740. The predicted molar refractivity (Wildman–Crippen MR) is 79.8 cm³/mol. The number of piperidine rings is 1. The highest BCUT2D eigenvalue weighted by Gasteiger charge is 2.44. The average Bonchev–Trinajstić information content (AvgIpc) is 2.51. The first-order valence-electron chi connectivity index (χ1n) is 6.93. The monoisotopic (exact) mass is 304 g/mol. The van der Waals surface area contributed by atoms with Gasteiger partial charge in [0.2, 0.25) is 0 Å². The summed E-state index contributed by atoms with van der Waals surface area (Å²) in [5, 5.41) is 2.70. The number of hydrogen-bond acceptors (Lipinski definition) is 4. The summed E-state index contributed by atoms with van der Waals surface area (Å²) in [5.41, 5.74) is 5.21. The summed E-state index contributed by atoms with van der Waals surface area (Å²) in [5.74, 6) is 0.326. The molecule has 2 saturated heterocycles. The molecule has 0 aromatic heterocycles. The van der Waals surface area contributed by atoms with Gasteiger partial charge < -0.3 is 16.0 Å². The van der Waals surface area contributed by atoms with Gasteiger partial charge in [-0.05, 0) is 32.7 Å². The van der Waals surface area contributed by atoms with Crippen molar-refractivity contribution in [2.75, 3.05) is 26.2 Å². The van der Waals surface area contributed by atoms with Crippen LogP contribution in [0.1, 0.15) is 27.2 Å². The highest BCUT2D eigenvalue weighted by atomic mass is 35.5. The Kier molecular flexibility index (Phi) is 5.40. The second-order valence-corrected chi connectivity index (χ2v) is 6.24. The van der Waals surface area contributed by atoms with Gasteiger partial charge in [-0.2, -0.15) is 0 Å². The molecule has 0 aromatic carbocycles. The van der Waals surface area contributed by atoms with Crippen LogP contribution in [0.15, 0.2) is 0 Å². The summed E-state index contributed by atoms with van der Waals surface area (Å²) < 4.78 is 0. The van der Waals surface area contributed by atoms with E-state index in [-0.39, 0.29) is 30.4 Å². The second-order valence-electron chi connectivity index (χ2n) is 6.24. The lowest BCUT2D eigenvalue weighted by Gasteiger charge is -2.35. The number of nitrogens with one attached hydrogen (secondary N) is 1. The SMILES string of the molecule is CC1CN(CCN2C(=O)NC(C)(C)C2=O)CCC1N.Cl. The number of nitrogens with two attached hydrogens (primary N) is 1. The minimum absolute atomic E-state index is 0. The van der Waals surface area contributed by atoms with E-state index in [9.17, 15) is 9.59 Å². The van der Waals surface area contributed by atoms with E-state index >= 15 is 0 Å². The fourth-order valence-corrected chi connectivity index (χ4v) is 2.72. The Bertz CT molecular complexity index is 389. The van der Waals surface area contributed by atoms with Crippen molar-refractivity contribution in [3.63, 3.8) is 0 Å². The van der Waals surface area contributed by atoms with Crippen LogP contribution in [-0.4, -0.2) is 59.5 Å². The lowest BCUT2D eigenvalue weighted by atomic mass is 9.95. The third kappa shape index (κ3) is 3.42. The third-order valence-corrected chi connectivity index (χ3v) is 4.14. The van der Waals surface area contributed by atoms with Crippen molar-refractivity contribution >= 4 is 24.3 Å². The largest absolute Gasteiger partial charge is 0.327 e. The number of nitrogens with zero attached hydrogens (tertiary/aromatic N) is 2. The third-order valence-electron chi connectivity index (χ3n) is 4.14. The average molecular weight is 305 g/mol. The summed E-state index contributed by atoms with van der Waals surface area (Å²) in [7, 11) is 0. The molecule has 2 rings (SSSR count). The predicted octanol–water partition coefficient (Wildman–Crippen LogP) is 0.408. The van der Waals surface area contributed by atoms with E-state index in [1.165, 1.54) is 4.90 Å². The summed E-state index contributed by atoms with van der Waals surface area (Å²) in [6.07, 6.45) is 0.979. The zero-order chi connectivity index (χ0) is 14.2. The summed E-state index contributed by atoms with van der Waals surface area (Å²) in [6, 6.07) is -0.0105. The van der Waals surface area contributed by atoms with Gasteiger partial charge in [0.05, 0.1) is 0 Å². The molecule has 7 heteroatoms. The van der Waals surface area contributed by atoms with E-state index in [0.717, 1.165) is 26.1 Å². The van der Waals surface area contributed by atoms with Crippen molar-refractivity contribution in [2.24, 2.45) is 11.7 Å². The number of amides is 3. The minimum Gasteiger partial charge on any atom is -0.327 e. The molecule has 116 valence electrons. The lowest BCUT2D eigenvalue weighted by Crippen LogP contribution is -2.48. The number of halogens is 1. The summed E-state index contributed by atoms with van der Waals surface area (Å²) >= 11 is 0. The summed E-state index contributed by atoms with van der Waals surface area (Å²) in [6.45, 7) is 8.67. The molecule has 0 saturated carbocycles. The first kappa shape index (κ1) is 17.2. The maximum absolute atomic E-state index is 12.0. The standard InChI is InChI=1S/C13H24N4O2.ClH/c1-9-8-16(5-4-10(9)14)6-7-17-11(18)13(2,3)15-12(17)19;/h9-10H,4-8,14H2,1-3H3,(H,15,19);1H. The summed E-state index contributed by atoms with van der Waals surface area (Å²) in [4.78, 5) is 27.4. The van der Waals surface area contributed by atoms with E-state index in [1.54, 1.807) is 13.8 Å². The van der Waals surface area contributed by atoms with Gasteiger partial charge in [-0.1, -0.05) is 6.92 Å². The van der Waals surface area contributed by atoms with E-state index < -0.39 is 5.54 Å². The molecule has 20 heavy (non-hydrogen) atoms. The highest BCUT2D eigenvalue weighted by Crippen LogP contribution is 2.18. The molecule has 2 unspecified atom stereocenters. The number of carbonyl (C=O) groups is 2. The van der Waals surface area contributed by atoms with E-state index in [1.807, 2.05) is 0 Å². The number of carbonyl (C=O) groups excluding carboxylic acids is 2. The molecule has 3 amide bonds. The number of imide groups is 1. The molecule has 2 aliphatic heterocycles. The Balaban J connectivity index is 0.00000200. The van der Waals surface area contributed by atoms with Crippen LogP contribution in [-0.2, 0) is 4.79 Å². The van der Waals surface area contributed by atoms with Crippen LogP contribution in [0.5, 0.6) is 0 Å². The zero-order valence-corrected chi connectivity index (χ0v) is 13.2. The maximum Gasteiger partial charge on any atom is 0.325 e. The molecular formula is C13H25ClN4O2. The minimum atomic E-state index is -0.769. The van der Waals surface area contributed by atoms with Crippen LogP contribution >= 0.6 is 12.4 Å². The molecule has 0 spiro atoms. The molecular weight excluding hydrogens is 280 g/mol. The zero-order valence-electron chi connectivity index (χ0n) is 12.4. The van der Waals surface area contributed by atoms with Crippen LogP contribution in [0.3, 0.4) is 0 Å². The Morgan fingerprint density at radius 3 is 2.50 bits per heavy atom. The molecule has 0 aliphatic carbocycles. The van der Waals surface area contributed by atoms with Gasteiger partial charge in [-0.25, -0.2) is 4.79 Å². The number of urea groups is 1. The van der Waals surface area contributed by atoms with Crippen molar-refractivity contribution in [1.29, 1.82) is 0 Å². The van der Waals surface area contributed by atoms with Crippen LogP contribution in [0.4, 0.5) is 4.79 Å². The first-order valence-corrected chi connectivity index (χ1v) is 6.93. The smallest absolute Gasteiger partial charge is 0.325 e. The van der Waals surface area contributed by atoms with Crippen molar-refractivity contribution in [3.8, 4) is 0 Å². The molecule has 0 aromatic rings. The normalized spacial score (nSPS) is 30.1. The van der Waals surface area contributed by atoms with Crippen LogP contribution in [0.2, 0.25) is 0 Å². The fraction of sp³-hybridized carbons (Fsp3) is 0.846. The first-order chi connectivity index (χ1) is 8.81.